The highest BCUT2D eigenvalue weighted by Gasteiger charge is 2.31. The molecular weight excluding hydrogens is 385 g/mol. The van der Waals surface area contributed by atoms with Crippen molar-refractivity contribution in [2.75, 3.05) is 5.32 Å². The SMILES string of the molecule is O=C(C=Cc1ccccc1OC(F)(F)F)NCc1cccc(NC(=O)C2CC2)c1. The Balaban J connectivity index is 1.56. The Morgan fingerprint density at radius 3 is 2.59 bits per heavy atom. The fourth-order valence-corrected chi connectivity index (χ4v) is 2.60. The standard InChI is InChI=1S/C21H19F3N2O3/c22-21(23,24)29-18-7-2-1-5-15(18)10-11-19(27)25-13-14-4-3-6-17(12-14)26-20(28)16-8-9-16/h1-7,10-12,16H,8-9,13H2,(H,25,27)(H,26,28). The van der Waals surface area contributed by atoms with Gasteiger partial charge in [0.2, 0.25) is 11.8 Å². The summed E-state index contributed by atoms with van der Waals surface area (Å²) in [4.78, 5) is 23.8. The normalized spacial score (nSPS) is 13.9. The molecule has 0 radical (unpaired) electrons. The van der Waals surface area contributed by atoms with Gasteiger partial charge in [-0.05, 0) is 42.7 Å². The molecule has 0 atom stereocenters. The van der Waals surface area contributed by atoms with Gasteiger partial charge >= 0.3 is 6.36 Å². The topological polar surface area (TPSA) is 67.4 Å². The lowest BCUT2D eigenvalue weighted by Crippen LogP contribution is -2.20. The summed E-state index contributed by atoms with van der Waals surface area (Å²) >= 11 is 0. The molecule has 0 spiro atoms. The molecule has 0 unspecified atom stereocenters. The second kappa shape index (κ2) is 8.81. The van der Waals surface area contributed by atoms with Gasteiger partial charge in [0, 0.05) is 29.8 Å². The third-order valence-electron chi connectivity index (χ3n) is 4.17. The van der Waals surface area contributed by atoms with Crippen molar-refractivity contribution >= 4 is 23.6 Å². The third kappa shape index (κ3) is 6.67. The van der Waals surface area contributed by atoms with Crippen molar-refractivity contribution in [1.29, 1.82) is 0 Å². The minimum absolute atomic E-state index is 0.00569. The quantitative estimate of drug-likeness (QED) is 0.678. The van der Waals surface area contributed by atoms with E-state index in [2.05, 4.69) is 15.4 Å². The molecule has 1 fully saturated rings. The number of nitrogens with one attached hydrogen (secondary N) is 2. The molecule has 29 heavy (non-hydrogen) atoms. The van der Waals surface area contributed by atoms with E-state index in [1.54, 1.807) is 30.3 Å². The first-order valence-corrected chi connectivity index (χ1v) is 9.01. The Kier molecular flexibility index (Phi) is 6.21. The van der Waals surface area contributed by atoms with Crippen LogP contribution in [0.2, 0.25) is 0 Å². The molecule has 0 bridgehead atoms. The highest BCUT2D eigenvalue weighted by molar-refractivity contribution is 5.94. The van der Waals surface area contributed by atoms with E-state index in [-0.39, 0.29) is 29.7 Å². The van der Waals surface area contributed by atoms with Gasteiger partial charge in [0.1, 0.15) is 5.75 Å². The Morgan fingerprint density at radius 1 is 1.10 bits per heavy atom. The minimum atomic E-state index is -4.81. The van der Waals surface area contributed by atoms with Crippen LogP contribution in [-0.2, 0) is 16.1 Å². The van der Waals surface area contributed by atoms with Crippen LogP contribution >= 0.6 is 0 Å². The van der Waals surface area contributed by atoms with Crippen molar-refractivity contribution in [3.8, 4) is 5.75 Å². The first kappa shape index (κ1) is 20.4. The van der Waals surface area contributed by atoms with Crippen molar-refractivity contribution in [1.82, 2.24) is 5.32 Å². The number of rotatable bonds is 7. The number of carbonyl (C=O) groups excluding carboxylic acids is 2. The van der Waals surface area contributed by atoms with Gasteiger partial charge in [-0.15, -0.1) is 13.2 Å². The average Bonchev–Trinajstić information content (AvgIpc) is 3.50. The number of ether oxygens (including phenoxy) is 1. The predicted molar refractivity (Wildman–Crippen MR) is 102 cm³/mol. The van der Waals surface area contributed by atoms with Crippen molar-refractivity contribution in [2.24, 2.45) is 5.92 Å². The number of halogens is 3. The Labute approximate surface area is 165 Å². The van der Waals surface area contributed by atoms with Gasteiger partial charge < -0.3 is 15.4 Å². The number of anilines is 1. The third-order valence-corrected chi connectivity index (χ3v) is 4.17. The second-order valence-electron chi connectivity index (χ2n) is 6.60. The lowest BCUT2D eigenvalue weighted by molar-refractivity contribution is -0.274. The van der Waals surface area contributed by atoms with Gasteiger partial charge in [-0.25, -0.2) is 0 Å². The monoisotopic (exact) mass is 404 g/mol. The number of alkyl halides is 3. The van der Waals surface area contributed by atoms with Crippen molar-refractivity contribution in [2.45, 2.75) is 25.7 Å². The van der Waals surface area contributed by atoms with Crippen LogP contribution < -0.4 is 15.4 Å². The fraction of sp³-hybridized carbons (Fsp3) is 0.238. The van der Waals surface area contributed by atoms with E-state index >= 15 is 0 Å². The van der Waals surface area contributed by atoms with Crippen LogP contribution in [0.25, 0.3) is 6.08 Å². The van der Waals surface area contributed by atoms with Crippen LogP contribution in [0, 0.1) is 5.92 Å². The minimum Gasteiger partial charge on any atom is -0.405 e. The molecular formula is C21H19F3N2O3. The molecule has 1 aliphatic carbocycles. The second-order valence-corrected chi connectivity index (χ2v) is 6.60. The molecule has 1 saturated carbocycles. The van der Waals surface area contributed by atoms with Gasteiger partial charge in [-0.2, -0.15) is 0 Å². The van der Waals surface area contributed by atoms with E-state index in [1.807, 2.05) is 0 Å². The number of carbonyl (C=O) groups is 2. The van der Waals surface area contributed by atoms with Crippen LogP contribution in [0.1, 0.15) is 24.0 Å². The number of hydrogen-bond donors (Lipinski definition) is 2. The van der Waals surface area contributed by atoms with Gasteiger partial charge in [-0.3, -0.25) is 9.59 Å². The van der Waals surface area contributed by atoms with Crippen LogP contribution in [0.15, 0.2) is 54.6 Å². The maximum Gasteiger partial charge on any atom is 0.573 e. The zero-order valence-electron chi connectivity index (χ0n) is 15.3. The van der Waals surface area contributed by atoms with Gasteiger partial charge in [0.15, 0.2) is 0 Å². The highest BCUT2D eigenvalue weighted by atomic mass is 19.4. The molecule has 5 nitrogen and oxygen atoms in total. The summed E-state index contributed by atoms with van der Waals surface area (Å²) in [6, 6.07) is 12.6. The van der Waals surface area contributed by atoms with Gasteiger partial charge in [0.05, 0.1) is 0 Å². The highest BCUT2D eigenvalue weighted by Crippen LogP contribution is 2.30. The molecule has 0 aromatic heterocycles. The number of amides is 2. The molecule has 2 N–H and O–H groups in total. The lowest BCUT2D eigenvalue weighted by Gasteiger charge is -2.11. The molecule has 0 heterocycles. The first-order chi connectivity index (χ1) is 13.8. The summed E-state index contributed by atoms with van der Waals surface area (Å²) in [5.41, 5.74) is 1.56. The summed E-state index contributed by atoms with van der Waals surface area (Å²) in [7, 11) is 0. The van der Waals surface area contributed by atoms with Crippen LogP contribution in [0.5, 0.6) is 5.75 Å². The summed E-state index contributed by atoms with van der Waals surface area (Å²) in [5, 5.41) is 5.48. The molecule has 0 aliphatic heterocycles. The van der Waals surface area contributed by atoms with Crippen molar-refractivity contribution < 1.29 is 27.5 Å². The van der Waals surface area contributed by atoms with Gasteiger partial charge in [0.25, 0.3) is 0 Å². The van der Waals surface area contributed by atoms with Crippen molar-refractivity contribution in [3.63, 3.8) is 0 Å². The summed E-state index contributed by atoms with van der Waals surface area (Å²) in [5.74, 6) is -0.774. The molecule has 2 amide bonds. The molecule has 8 heteroatoms. The van der Waals surface area contributed by atoms with Crippen LogP contribution in [0.3, 0.4) is 0 Å². The molecule has 2 aromatic carbocycles. The zero-order valence-corrected chi connectivity index (χ0v) is 15.3. The lowest BCUT2D eigenvalue weighted by atomic mass is 10.1. The summed E-state index contributed by atoms with van der Waals surface area (Å²) in [6.45, 7) is 0.205. The van der Waals surface area contributed by atoms with E-state index in [9.17, 15) is 22.8 Å². The number of benzene rings is 2. The zero-order chi connectivity index (χ0) is 20.9. The Morgan fingerprint density at radius 2 is 1.86 bits per heavy atom. The average molecular weight is 404 g/mol. The molecule has 0 saturated heterocycles. The predicted octanol–water partition coefficient (Wildman–Crippen LogP) is 4.26. The van der Waals surface area contributed by atoms with Crippen molar-refractivity contribution in [3.05, 3.63) is 65.7 Å². The first-order valence-electron chi connectivity index (χ1n) is 9.01. The smallest absolute Gasteiger partial charge is 0.405 e. The van der Waals surface area contributed by atoms with E-state index < -0.39 is 12.3 Å². The van der Waals surface area contributed by atoms with Crippen LogP contribution in [-0.4, -0.2) is 18.2 Å². The number of para-hydroxylation sites is 1. The van der Waals surface area contributed by atoms with Gasteiger partial charge in [-0.1, -0.05) is 30.3 Å². The maximum atomic E-state index is 12.4. The molecule has 152 valence electrons. The van der Waals surface area contributed by atoms with E-state index in [0.717, 1.165) is 24.5 Å². The number of hydrogen-bond acceptors (Lipinski definition) is 3. The van der Waals surface area contributed by atoms with E-state index in [1.165, 1.54) is 24.3 Å². The molecule has 1 aliphatic rings. The Hall–Kier alpha value is -3.29. The fourth-order valence-electron chi connectivity index (χ4n) is 2.60. The van der Waals surface area contributed by atoms with Crippen LogP contribution in [0.4, 0.5) is 18.9 Å². The van der Waals surface area contributed by atoms with E-state index in [4.69, 9.17) is 0 Å². The van der Waals surface area contributed by atoms with E-state index in [0.29, 0.717) is 5.69 Å². The Bertz CT molecular complexity index is 921. The maximum absolute atomic E-state index is 12.4. The largest absolute Gasteiger partial charge is 0.573 e. The summed E-state index contributed by atoms with van der Waals surface area (Å²) in [6.07, 6.45) is -0.609. The molecule has 2 aromatic rings. The molecule has 3 rings (SSSR count). The summed E-state index contributed by atoms with van der Waals surface area (Å²) < 4.78 is 41.3.